The highest BCUT2D eigenvalue weighted by Crippen LogP contribution is 2.30. The minimum Gasteiger partial charge on any atom is -0.480 e. The van der Waals surface area contributed by atoms with E-state index < -0.39 is 34.0 Å². The van der Waals surface area contributed by atoms with Gasteiger partial charge in [-0.05, 0) is 60.5 Å². The Bertz CT molecular complexity index is 1320. The first-order valence-corrected chi connectivity index (χ1v) is 12.1. The molecule has 11 heteroatoms. The van der Waals surface area contributed by atoms with Crippen LogP contribution < -0.4 is 0 Å². The van der Waals surface area contributed by atoms with E-state index in [4.69, 9.17) is 11.6 Å². The molecule has 2 heterocycles. The summed E-state index contributed by atoms with van der Waals surface area (Å²) in [5, 5.41) is 11.4. The second-order valence-corrected chi connectivity index (χ2v) is 10.2. The minimum atomic E-state index is -4.12. The zero-order valence-corrected chi connectivity index (χ0v) is 20.6. The second kappa shape index (κ2) is 10.3. The third kappa shape index (κ3) is 5.02. The number of aromatic nitrogens is 1. The molecular weight excluding hydrogens is 501 g/mol. The number of halogens is 2. The van der Waals surface area contributed by atoms with Crippen LogP contribution >= 0.6 is 24.0 Å². The Morgan fingerprint density at radius 2 is 1.91 bits per heavy atom. The fourth-order valence-corrected chi connectivity index (χ4v) is 5.78. The number of carbonyl (C=O) groups excluding carboxylic acids is 1. The van der Waals surface area contributed by atoms with Crippen LogP contribution in [-0.2, 0) is 26.2 Å². The van der Waals surface area contributed by atoms with Crippen molar-refractivity contribution in [2.24, 2.45) is 0 Å². The van der Waals surface area contributed by atoms with Gasteiger partial charge in [-0.15, -0.1) is 12.4 Å². The highest BCUT2D eigenvalue weighted by Gasteiger charge is 2.44. The number of hydrogen-bond acceptors (Lipinski definition) is 5. The van der Waals surface area contributed by atoms with Crippen LogP contribution in [0, 0.1) is 0 Å². The van der Waals surface area contributed by atoms with Crippen molar-refractivity contribution in [3.8, 4) is 0 Å². The van der Waals surface area contributed by atoms with E-state index in [9.17, 15) is 23.1 Å². The maximum atomic E-state index is 13.8. The molecule has 1 aliphatic heterocycles. The average Bonchev–Trinajstić information content (AvgIpc) is 3.17. The molecule has 1 aliphatic rings. The lowest BCUT2D eigenvalue weighted by Crippen LogP contribution is -2.48. The zero-order chi connectivity index (χ0) is 23.8. The molecule has 1 amide bonds. The lowest BCUT2D eigenvalue weighted by Gasteiger charge is -2.28. The number of carboxylic acids is 1. The molecule has 180 valence electrons. The van der Waals surface area contributed by atoms with E-state index in [2.05, 4.69) is 4.98 Å². The van der Waals surface area contributed by atoms with Crippen LogP contribution in [-0.4, -0.2) is 58.2 Å². The summed E-state index contributed by atoms with van der Waals surface area (Å²) in [4.78, 5) is 30.0. The maximum absolute atomic E-state index is 13.8. The van der Waals surface area contributed by atoms with Crippen molar-refractivity contribution in [2.75, 3.05) is 6.54 Å². The molecule has 0 aliphatic carbocycles. The normalized spacial score (nSPS) is 17.1. The van der Waals surface area contributed by atoms with Crippen molar-refractivity contribution < 1.29 is 23.1 Å². The Kier molecular flexibility index (Phi) is 7.82. The van der Waals surface area contributed by atoms with Gasteiger partial charge < -0.3 is 10.0 Å². The minimum absolute atomic E-state index is 0. The molecule has 34 heavy (non-hydrogen) atoms. The van der Waals surface area contributed by atoms with Crippen molar-refractivity contribution in [1.29, 1.82) is 0 Å². The molecule has 0 radical (unpaired) electrons. The summed E-state index contributed by atoms with van der Waals surface area (Å²) >= 11 is 6.04. The Labute approximate surface area is 208 Å². The number of fused-ring (bicyclic) bond motifs is 1. The summed E-state index contributed by atoms with van der Waals surface area (Å²) in [6.07, 6.45) is 1.74. The summed E-state index contributed by atoms with van der Waals surface area (Å²) in [7, 11) is -4.12. The van der Waals surface area contributed by atoms with Gasteiger partial charge in [0.25, 0.3) is 0 Å². The fraction of sp³-hybridized carbons (Fsp3) is 0.261. The first kappa shape index (κ1) is 25.9. The maximum Gasteiger partial charge on any atom is 0.326 e. The molecule has 2 atom stereocenters. The molecular formula is C23H23Cl2N3O5S. The molecule has 0 spiro atoms. The highest BCUT2D eigenvalue weighted by molar-refractivity contribution is 7.89. The highest BCUT2D eigenvalue weighted by atomic mass is 35.5. The largest absolute Gasteiger partial charge is 0.480 e. The number of nitrogens with zero attached hydrogens (tertiary/aromatic N) is 3. The van der Waals surface area contributed by atoms with Crippen LogP contribution in [0.25, 0.3) is 10.8 Å². The predicted octanol–water partition coefficient (Wildman–Crippen LogP) is 3.57. The van der Waals surface area contributed by atoms with Gasteiger partial charge in [0.1, 0.15) is 12.1 Å². The zero-order valence-electron chi connectivity index (χ0n) is 18.2. The lowest BCUT2D eigenvalue weighted by atomic mass is 10.1. The van der Waals surface area contributed by atoms with Gasteiger partial charge >= 0.3 is 5.97 Å². The number of hydrogen-bond donors (Lipinski definition) is 1. The molecule has 3 aromatic rings. The predicted molar refractivity (Wildman–Crippen MR) is 130 cm³/mol. The number of carbonyl (C=O) groups is 2. The second-order valence-electron chi connectivity index (χ2n) is 7.87. The van der Waals surface area contributed by atoms with E-state index in [0.717, 1.165) is 9.69 Å². The van der Waals surface area contributed by atoms with Gasteiger partial charge in [-0.3, -0.25) is 9.78 Å². The third-order valence-corrected chi connectivity index (χ3v) is 7.89. The standard InChI is InChI=1S/C23H22ClN3O5S.ClH/c1-15(23(29)30)26-11-9-21(22(26)28)27(14-19-4-2-3-10-25-19)33(31,32)20-8-6-16-12-18(24)7-5-17(16)13-20;/h2-8,10,12-13,15,21H,9,11,14H2,1H3,(H,29,30);1H/t15-,21-;/m0./s1. The van der Waals surface area contributed by atoms with Crippen LogP contribution in [0.2, 0.25) is 5.02 Å². The molecule has 4 rings (SSSR count). The molecule has 1 fully saturated rings. The lowest BCUT2D eigenvalue weighted by molar-refractivity contribution is -0.148. The van der Waals surface area contributed by atoms with E-state index in [1.165, 1.54) is 17.9 Å². The Morgan fingerprint density at radius 1 is 1.21 bits per heavy atom. The van der Waals surface area contributed by atoms with Gasteiger partial charge in [-0.2, -0.15) is 4.31 Å². The van der Waals surface area contributed by atoms with Gasteiger partial charge in [0.05, 0.1) is 17.1 Å². The average molecular weight is 524 g/mol. The summed E-state index contributed by atoms with van der Waals surface area (Å²) in [5.41, 5.74) is 0.478. The van der Waals surface area contributed by atoms with Gasteiger partial charge in [-0.1, -0.05) is 29.8 Å². The Hall–Kier alpha value is -2.72. The number of amides is 1. The van der Waals surface area contributed by atoms with E-state index in [-0.39, 0.29) is 36.8 Å². The number of benzene rings is 2. The van der Waals surface area contributed by atoms with Crippen LogP contribution in [0.5, 0.6) is 0 Å². The molecule has 0 saturated carbocycles. The Morgan fingerprint density at radius 3 is 2.59 bits per heavy atom. The number of pyridine rings is 1. The number of likely N-dealkylation sites (tertiary alicyclic amines) is 1. The van der Waals surface area contributed by atoms with E-state index in [1.54, 1.807) is 54.7 Å². The first-order valence-electron chi connectivity index (χ1n) is 10.3. The molecule has 0 bridgehead atoms. The van der Waals surface area contributed by atoms with E-state index in [0.29, 0.717) is 16.1 Å². The van der Waals surface area contributed by atoms with Crippen LogP contribution in [0.3, 0.4) is 0 Å². The molecule has 1 aromatic heterocycles. The smallest absolute Gasteiger partial charge is 0.326 e. The molecule has 1 saturated heterocycles. The van der Waals surface area contributed by atoms with Crippen LogP contribution in [0.4, 0.5) is 0 Å². The molecule has 8 nitrogen and oxygen atoms in total. The summed E-state index contributed by atoms with van der Waals surface area (Å²) in [6.45, 7) is 1.45. The number of rotatable bonds is 7. The van der Waals surface area contributed by atoms with Crippen molar-refractivity contribution in [3.63, 3.8) is 0 Å². The van der Waals surface area contributed by atoms with Gasteiger partial charge in [0.2, 0.25) is 15.9 Å². The van der Waals surface area contributed by atoms with E-state index >= 15 is 0 Å². The quantitative estimate of drug-likeness (QED) is 0.507. The van der Waals surface area contributed by atoms with E-state index in [1.807, 2.05) is 0 Å². The fourth-order valence-electron chi connectivity index (χ4n) is 3.98. The van der Waals surface area contributed by atoms with Gasteiger partial charge in [0.15, 0.2) is 0 Å². The van der Waals surface area contributed by atoms with Gasteiger partial charge in [-0.25, -0.2) is 13.2 Å². The summed E-state index contributed by atoms with van der Waals surface area (Å²) in [6, 6.07) is 12.9. The molecule has 0 unspecified atom stereocenters. The Balaban J connectivity index is 0.00000324. The van der Waals surface area contributed by atoms with Crippen molar-refractivity contribution in [1.82, 2.24) is 14.2 Å². The molecule has 1 N–H and O–H groups in total. The summed E-state index contributed by atoms with van der Waals surface area (Å²) in [5.74, 6) is -1.67. The van der Waals surface area contributed by atoms with Crippen molar-refractivity contribution in [3.05, 3.63) is 71.5 Å². The number of carboxylic acid groups (broad SMARTS) is 1. The number of aliphatic carboxylic acids is 1. The summed E-state index contributed by atoms with van der Waals surface area (Å²) < 4.78 is 28.7. The van der Waals surface area contributed by atoms with Crippen LogP contribution in [0.15, 0.2) is 65.7 Å². The monoisotopic (exact) mass is 523 g/mol. The SMILES string of the molecule is C[C@@H](C(=O)O)N1CC[C@H](N(Cc2ccccn2)S(=O)(=O)c2ccc3cc(Cl)ccc3c2)C1=O.Cl. The van der Waals surface area contributed by atoms with Crippen LogP contribution in [0.1, 0.15) is 19.0 Å². The van der Waals surface area contributed by atoms with Gasteiger partial charge in [0, 0.05) is 17.8 Å². The molecule has 2 aromatic carbocycles. The first-order chi connectivity index (χ1) is 15.7. The van der Waals surface area contributed by atoms with Crippen molar-refractivity contribution >= 4 is 56.7 Å². The van der Waals surface area contributed by atoms with Crippen molar-refractivity contribution in [2.45, 2.75) is 36.9 Å². The number of sulfonamides is 1. The topological polar surface area (TPSA) is 108 Å². The third-order valence-electron chi connectivity index (χ3n) is 5.81.